The normalized spacial score (nSPS) is 14.7. The van der Waals surface area contributed by atoms with Crippen LogP contribution in [0.3, 0.4) is 0 Å². The van der Waals surface area contributed by atoms with Crippen molar-refractivity contribution >= 4 is 29.2 Å². The number of aryl methyl sites for hydroxylation is 1. The molecule has 1 heterocycles. The van der Waals surface area contributed by atoms with Crippen LogP contribution in [0.15, 0.2) is 48.5 Å². The number of amides is 3. The van der Waals surface area contributed by atoms with Crippen molar-refractivity contribution in [3.8, 4) is 0 Å². The molecule has 0 saturated carbocycles. The van der Waals surface area contributed by atoms with E-state index in [-0.39, 0.29) is 11.9 Å². The fourth-order valence-corrected chi connectivity index (χ4v) is 3.15. The summed E-state index contributed by atoms with van der Waals surface area (Å²) in [6, 6.07) is 14.5. The van der Waals surface area contributed by atoms with Gasteiger partial charge in [-0.1, -0.05) is 29.3 Å². The number of benzene rings is 2. The third-order valence-electron chi connectivity index (χ3n) is 4.43. The Balaban J connectivity index is 1.59. The second-order valence-corrected chi connectivity index (χ2v) is 6.88. The Bertz CT molecular complexity index is 792. The van der Waals surface area contributed by atoms with Crippen molar-refractivity contribution in [2.45, 2.75) is 13.3 Å². The summed E-state index contributed by atoms with van der Waals surface area (Å²) in [5.74, 6) is 0.0219. The van der Waals surface area contributed by atoms with Gasteiger partial charge in [0.05, 0.1) is 0 Å². The van der Waals surface area contributed by atoms with Gasteiger partial charge in [0.25, 0.3) is 5.91 Å². The zero-order valence-corrected chi connectivity index (χ0v) is 15.5. The van der Waals surface area contributed by atoms with Crippen LogP contribution in [0.5, 0.6) is 0 Å². The van der Waals surface area contributed by atoms with Crippen molar-refractivity contribution < 1.29 is 9.59 Å². The fraction of sp³-hybridized carbons (Fsp3) is 0.300. The van der Waals surface area contributed by atoms with Gasteiger partial charge in [-0.05, 0) is 49.7 Å². The summed E-state index contributed by atoms with van der Waals surface area (Å²) in [5, 5.41) is 3.50. The van der Waals surface area contributed by atoms with Crippen molar-refractivity contribution in [2.24, 2.45) is 0 Å². The highest BCUT2D eigenvalue weighted by Gasteiger charge is 2.23. The summed E-state index contributed by atoms with van der Waals surface area (Å²) in [6.45, 7) is 4.29. The van der Waals surface area contributed by atoms with E-state index in [2.05, 4.69) is 5.32 Å². The highest BCUT2D eigenvalue weighted by molar-refractivity contribution is 6.30. The second kappa shape index (κ2) is 8.23. The number of carbonyl (C=O) groups excluding carboxylic acids is 2. The first-order valence-electron chi connectivity index (χ1n) is 8.70. The monoisotopic (exact) mass is 371 g/mol. The van der Waals surface area contributed by atoms with Crippen LogP contribution in [0.1, 0.15) is 22.3 Å². The Kier molecular flexibility index (Phi) is 5.78. The van der Waals surface area contributed by atoms with Gasteiger partial charge < -0.3 is 15.1 Å². The maximum Gasteiger partial charge on any atom is 0.321 e. The van der Waals surface area contributed by atoms with E-state index < -0.39 is 0 Å². The van der Waals surface area contributed by atoms with E-state index in [0.29, 0.717) is 42.5 Å². The van der Waals surface area contributed by atoms with Gasteiger partial charge in [0.15, 0.2) is 0 Å². The summed E-state index contributed by atoms with van der Waals surface area (Å²) >= 11 is 5.86. The van der Waals surface area contributed by atoms with Gasteiger partial charge in [-0.2, -0.15) is 0 Å². The topological polar surface area (TPSA) is 52.7 Å². The molecule has 0 aliphatic carbocycles. The largest absolute Gasteiger partial charge is 0.337 e. The van der Waals surface area contributed by atoms with Gasteiger partial charge in [0.2, 0.25) is 0 Å². The summed E-state index contributed by atoms with van der Waals surface area (Å²) in [5.41, 5.74) is 2.47. The molecular formula is C20H22ClN3O2. The molecule has 0 spiro atoms. The Hall–Kier alpha value is -2.53. The lowest BCUT2D eigenvalue weighted by molar-refractivity contribution is 0.0762. The highest BCUT2D eigenvalue weighted by Crippen LogP contribution is 2.15. The minimum Gasteiger partial charge on any atom is -0.337 e. The molecule has 3 rings (SSSR count). The van der Waals surface area contributed by atoms with Crippen molar-refractivity contribution in [3.63, 3.8) is 0 Å². The van der Waals surface area contributed by atoms with Crippen molar-refractivity contribution in [1.82, 2.24) is 9.80 Å². The number of halogens is 1. The molecule has 0 radical (unpaired) electrons. The molecule has 1 N–H and O–H groups in total. The zero-order valence-electron chi connectivity index (χ0n) is 14.7. The van der Waals surface area contributed by atoms with E-state index >= 15 is 0 Å². The van der Waals surface area contributed by atoms with E-state index in [1.807, 2.05) is 36.1 Å². The Morgan fingerprint density at radius 3 is 2.38 bits per heavy atom. The van der Waals surface area contributed by atoms with E-state index in [0.717, 1.165) is 12.0 Å². The van der Waals surface area contributed by atoms with Crippen LogP contribution in [-0.2, 0) is 0 Å². The summed E-state index contributed by atoms with van der Waals surface area (Å²) in [6.07, 6.45) is 0.756. The van der Waals surface area contributed by atoms with Crippen LogP contribution >= 0.6 is 11.6 Å². The molecule has 0 unspecified atom stereocenters. The van der Waals surface area contributed by atoms with Crippen LogP contribution in [0, 0.1) is 6.92 Å². The molecule has 1 aliphatic heterocycles. The predicted molar refractivity (Wildman–Crippen MR) is 104 cm³/mol. The van der Waals surface area contributed by atoms with Gasteiger partial charge in [0, 0.05) is 42.5 Å². The van der Waals surface area contributed by atoms with Gasteiger partial charge >= 0.3 is 6.03 Å². The van der Waals surface area contributed by atoms with Gasteiger partial charge in [-0.3, -0.25) is 4.79 Å². The molecule has 0 bridgehead atoms. The molecule has 1 fully saturated rings. The fourth-order valence-electron chi connectivity index (χ4n) is 3.02. The van der Waals surface area contributed by atoms with Gasteiger partial charge in [0.1, 0.15) is 0 Å². The second-order valence-electron chi connectivity index (χ2n) is 6.44. The van der Waals surface area contributed by atoms with Crippen LogP contribution in [0.4, 0.5) is 10.5 Å². The molecular weight excluding hydrogens is 350 g/mol. The number of anilines is 1. The number of nitrogens with zero attached hydrogens (tertiary/aromatic N) is 2. The average molecular weight is 372 g/mol. The molecule has 2 aromatic rings. The lowest BCUT2D eigenvalue weighted by Crippen LogP contribution is -2.39. The van der Waals surface area contributed by atoms with Crippen LogP contribution in [0.25, 0.3) is 0 Å². The molecule has 0 aromatic heterocycles. The number of nitrogens with one attached hydrogen (secondary N) is 1. The maximum absolute atomic E-state index is 12.7. The molecule has 1 saturated heterocycles. The first kappa shape index (κ1) is 18.3. The number of hydrogen-bond donors (Lipinski definition) is 1. The molecule has 0 atom stereocenters. The Morgan fingerprint density at radius 2 is 1.65 bits per heavy atom. The molecule has 5 nitrogen and oxygen atoms in total. The van der Waals surface area contributed by atoms with E-state index in [4.69, 9.17) is 11.6 Å². The third kappa shape index (κ3) is 4.55. The first-order valence-corrected chi connectivity index (χ1v) is 9.08. The van der Waals surface area contributed by atoms with E-state index in [9.17, 15) is 9.59 Å². The van der Waals surface area contributed by atoms with E-state index in [1.165, 1.54) is 0 Å². The van der Waals surface area contributed by atoms with Gasteiger partial charge in [-0.15, -0.1) is 0 Å². The summed E-state index contributed by atoms with van der Waals surface area (Å²) < 4.78 is 0. The minimum absolute atomic E-state index is 0.0219. The van der Waals surface area contributed by atoms with Crippen LogP contribution < -0.4 is 5.32 Å². The molecule has 136 valence electrons. The average Bonchev–Trinajstić information content (AvgIpc) is 2.89. The smallest absolute Gasteiger partial charge is 0.321 e. The van der Waals surface area contributed by atoms with Crippen molar-refractivity contribution in [3.05, 3.63) is 64.7 Å². The maximum atomic E-state index is 12.7. The first-order chi connectivity index (χ1) is 12.5. The van der Waals surface area contributed by atoms with Crippen LogP contribution in [0.2, 0.25) is 5.02 Å². The number of rotatable bonds is 2. The predicted octanol–water partition coefficient (Wildman–Crippen LogP) is 4.03. The molecule has 1 aliphatic rings. The SMILES string of the molecule is Cc1cccc(C(=O)N2CCCN(C(=O)Nc3ccc(Cl)cc3)CC2)c1. The summed E-state index contributed by atoms with van der Waals surface area (Å²) in [7, 11) is 0. The number of urea groups is 1. The molecule has 3 amide bonds. The molecule has 2 aromatic carbocycles. The molecule has 26 heavy (non-hydrogen) atoms. The third-order valence-corrected chi connectivity index (χ3v) is 4.68. The summed E-state index contributed by atoms with van der Waals surface area (Å²) in [4.78, 5) is 28.7. The van der Waals surface area contributed by atoms with Gasteiger partial charge in [-0.25, -0.2) is 4.79 Å². The lowest BCUT2D eigenvalue weighted by atomic mass is 10.1. The quantitative estimate of drug-likeness (QED) is 0.866. The van der Waals surface area contributed by atoms with E-state index in [1.54, 1.807) is 29.2 Å². The standard InChI is InChI=1S/C20H22ClN3O2/c1-15-4-2-5-16(14-15)19(25)23-10-3-11-24(13-12-23)20(26)22-18-8-6-17(21)7-9-18/h2,4-9,14H,3,10-13H2,1H3,(H,22,26). The lowest BCUT2D eigenvalue weighted by Gasteiger charge is -2.22. The van der Waals surface area contributed by atoms with Crippen molar-refractivity contribution in [1.29, 1.82) is 0 Å². The van der Waals surface area contributed by atoms with Crippen molar-refractivity contribution in [2.75, 3.05) is 31.5 Å². The number of carbonyl (C=O) groups is 2. The van der Waals surface area contributed by atoms with Crippen LogP contribution in [-0.4, -0.2) is 47.9 Å². The minimum atomic E-state index is -0.155. The highest BCUT2D eigenvalue weighted by atomic mass is 35.5. The Morgan fingerprint density at radius 1 is 0.962 bits per heavy atom. The Labute approximate surface area is 158 Å². The zero-order chi connectivity index (χ0) is 18.5. The molecule has 6 heteroatoms. The number of hydrogen-bond acceptors (Lipinski definition) is 2.